The fourth-order valence-electron chi connectivity index (χ4n) is 17.5. The first-order valence-electron chi connectivity index (χ1n) is 31.0. The van der Waals surface area contributed by atoms with E-state index in [1.54, 1.807) is 13.0 Å². The molecule has 5 aliphatic carbocycles. The number of rotatable bonds is 17. The van der Waals surface area contributed by atoms with Crippen LogP contribution in [0.4, 0.5) is 0 Å². The van der Waals surface area contributed by atoms with Gasteiger partial charge in [-0.25, -0.2) is 9.59 Å². The number of carboxylic acid groups (broad SMARTS) is 1. The molecule has 9 rings (SSSR count). The molecule has 28 heteroatoms. The van der Waals surface area contributed by atoms with Gasteiger partial charge in [0.1, 0.15) is 91.6 Å². The summed E-state index contributed by atoms with van der Waals surface area (Å²) in [6, 6.07) is 0. The van der Waals surface area contributed by atoms with Gasteiger partial charge in [-0.3, -0.25) is 9.59 Å². The first-order chi connectivity index (χ1) is 41.8. The van der Waals surface area contributed by atoms with Crippen molar-refractivity contribution < 1.29 is 138 Å². The Labute approximate surface area is 515 Å². The number of aliphatic carboxylic acids is 1. The number of esters is 3. The number of hydrogen-bond acceptors (Lipinski definition) is 27. The number of aliphatic hydroxyl groups is 12. The molecular weight excluding hydrogens is 1180 g/mol. The van der Waals surface area contributed by atoms with E-state index in [2.05, 4.69) is 26.8 Å². The molecule has 4 unspecified atom stereocenters. The van der Waals surface area contributed by atoms with Gasteiger partial charge >= 0.3 is 23.9 Å². The number of carboxylic acids is 1. The van der Waals surface area contributed by atoms with Crippen LogP contribution < -0.4 is 0 Å². The van der Waals surface area contributed by atoms with E-state index in [0.717, 1.165) is 12.0 Å². The molecule has 4 aliphatic heterocycles. The van der Waals surface area contributed by atoms with E-state index in [4.69, 9.17) is 52.1 Å². The Balaban J connectivity index is 1.07. The highest BCUT2D eigenvalue weighted by Crippen LogP contribution is 2.76. The monoisotopic (exact) mass is 1270 g/mol. The zero-order valence-corrected chi connectivity index (χ0v) is 51.8. The second-order valence-corrected chi connectivity index (χ2v) is 27.8. The van der Waals surface area contributed by atoms with Crippen molar-refractivity contribution in [1.29, 1.82) is 0 Å². The summed E-state index contributed by atoms with van der Waals surface area (Å²) in [5.41, 5.74) is -5.19. The van der Waals surface area contributed by atoms with Crippen molar-refractivity contribution in [2.75, 3.05) is 33.5 Å². The Bertz CT molecular complexity index is 2600. The van der Waals surface area contributed by atoms with Crippen LogP contribution >= 0.6 is 0 Å². The Hall–Kier alpha value is -3.44. The minimum Gasteiger partial charge on any atom is -0.479 e. The number of ether oxygens (including phenoxy) is 11. The standard InChI is InChI=1S/C61H94O28/c1-10-11-12-13-36(68)85-48-49(82-26(2)64)61(25-63)28(20-56(48,3)4)27-14-15-32-57(5)18-17-35(60(8,55(78)79-9)33(57)16-19-58(32,6)59(27,7)21-34(61)67)84-54-47(89-52-42(74)40(72)39(71)31(22-62)83-52)44(43(75)45(87-54)50(76)77)86-53-46(38(70)30(66)24-81-53)88-51-41(73)37(69)29(65)23-80-51/h12-14,28-35,37-49,51-54,62-63,65-67,69-75H,10-11,15-25H2,1-9H3,(H,76,77)/b13-12-/t28-,29?,30-,31+,32+,33+,34+,35-,37?,38-,39-,40-,41?,42+,43-,44-,45-,46+,47+,48+,49-,51?,52-,53-,54+,57+,58+,59+,60-,61-/m0/s1. The van der Waals surface area contributed by atoms with Gasteiger partial charge in [-0.05, 0) is 92.3 Å². The van der Waals surface area contributed by atoms with Gasteiger partial charge in [-0.2, -0.15) is 0 Å². The number of carbonyl (C=O) groups is 4. The minimum atomic E-state index is -2.31. The second-order valence-electron chi connectivity index (χ2n) is 27.8. The maximum Gasteiger partial charge on any atom is 0.335 e. The summed E-state index contributed by atoms with van der Waals surface area (Å²) in [5, 5.41) is 144. The van der Waals surface area contributed by atoms with Gasteiger partial charge < -0.3 is 118 Å². The molecule has 0 bridgehead atoms. The number of carbonyl (C=O) groups excluding carboxylic acids is 3. The molecule has 89 heavy (non-hydrogen) atoms. The Kier molecular flexibility index (Phi) is 20.7. The van der Waals surface area contributed by atoms with Gasteiger partial charge in [0.05, 0.1) is 56.6 Å². The molecule has 4 saturated heterocycles. The number of aliphatic hydroxyl groups excluding tert-OH is 12. The largest absolute Gasteiger partial charge is 0.479 e. The van der Waals surface area contributed by atoms with Crippen LogP contribution in [0.15, 0.2) is 23.8 Å². The van der Waals surface area contributed by atoms with Crippen LogP contribution in [0.1, 0.15) is 113 Å². The fourth-order valence-corrected chi connectivity index (χ4v) is 17.5. The van der Waals surface area contributed by atoms with Gasteiger partial charge in [0.15, 0.2) is 31.3 Å². The van der Waals surface area contributed by atoms with Crippen molar-refractivity contribution in [3.8, 4) is 0 Å². The fraction of sp³-hybridized carbons (Fsp3) is 0.869. The lowest BCUT2D eigenvalue weighted by molar-refractivity contribution is -0.399. The smallest absolute Gasteiger partial charge is 0.335 e. The lowest BCUT2D eigenvalue weighted by Crippen LogP contribution is -2.73. The summed E-state index contributed by atoms with van der Waals surface area (Å²) in [4.78, 5) is 54.7. The van der Waals surface area contributed by atoms with Crippen LogP contribution in [0, 0.1) is 50.2 Å². The molecule has 4 saturated carbocycles. The average Bonchev–Trinajstić information content (AvgIpc) is 0.671. The highest BCUT2D eigenvalue weighted by Gasteiger charge is 2.75. The lowest BCUT2D eigenvalue weighted by atomic mass is 9.33. The van der Waals surface area contributed by atoms with Crippen LogP contribution in [-0.4, -0.2) is 259 Å². The number of methoxy groups -OCH3 is 1. The molecule has 0 spiro atoms. The van der Waals surface area contributed by atoms with Crippen LogP contribution in [-0.2, 0) is 71.3 Å². The molecule has 0 amide bonds. The Morgan fingerprint density at radius 2 is 1.31 bits per heavy atom. The molecule has 9 aliphatic rings. The lowest BCUT2D eigenvalue weighted by Gasteiger charge is -2.72. The molecular formula is C61H94O28. The van der Waals surface area contributed by atoms with E-state index < -0.39 is 230 Å². The third kappa shape index (κ3) is 11.8. The van der Waals surface area contributed by atoms with Crippen molar-refractivity contribution in [2.24, 2.45) is 50.2 Å². The van der Waals surface area contributed by atoms with Crippen LogP contribution in [0.2, 0.25) is 0 Å². The summed E-state index contributed by atoms with van der Waals surface area (Å²) < 4.78 is 66.3. The van der Waals surface area contributed by atoms with E-state index in [0.29, 0.717) is 38.5 Å². The van der Waals surface area contributed by atoms with E-state index >= 15 is 0 Å². The Morgan fingerprint density at radius 3 is 1.94 bits per heavy atom. The van der Waals surface area contributed by atoms with E-state index in [1.807, 2.05) is 20.8 Å². The van der Waals surface area contributed by atoms with Gasteiger partial charge in [-0.1, -0.05) is 65.7 Å². The molecule has 28 nitrogen and oxygen atoms in total. The molecule has 0 aromatic carbocycles. The summed E-state index contributed by atoms with van der Waals surface area (Å²) in [7, 11) is 1.21. The SMILES string of the molecule is CCC/C=C\C(=O)O[C@@H]1[C@H](OC(C)=O)[C@]2(CO)[C@H](O)C[C@]3(C)C(=CC[C@@H]4[C@@]5(C)CC[C@H](O[C@@H]6O[C@H](C(=O)O)[C@@H](O)[C@H](O[C@@H]7OC[C@H](O)[C@H](O)[C@H]7OC7OCC(O)C(O)C7O)[C@H]6O[C@@H]6O[C@H](CO)[C@H](O)[C@H](O)[C@H]6O)[C@@](C)(C(=O)OC)[C@@H]5CC[C@]43C)[C@@H]2CC1(C)C. The first-order valence-corrected chi connectivity index (χ1v) is 31.0. The third-order valence-electron chi connectivity index (χ3n) is 22.5. The molecule has 8 fully saturated rings. The number of fused-ring (bicyclic) bond motifs is 7. The second kappa shape index (κ2) is 26.4. The van der Waals surface area contributed by atoms with Gasteiger partial charge in [0.25, 0.3) is 0 Å². The molecule has 4 heterocycles. The summed E-state index contributed by atoms with van der Waals surface area (Å²) in [6.45, 7) is 12.3. The molecule has 0 aromatic rings. The zero-order chi connectivity index (χ0) is 65.4. The van der Waals surface area contributed by atoms with Crippen molar-refractivity contribution in [2.45, 2.75) is 248 Å². The molecule has 30 atom stereocenters. The normalized spacial score (nSPS) is 49.6. The zero-order valence-electron chi connectivity index (χ0n) is 51.8. The first kappa shape index (κ1) is 69.9. The number of unbranched alkanes of at least 4 members (excludes halogenated alkanes) is 1. The topological polar surface area (TPSA) is 433 Å². The summed E-state index contributed by atoms with van der Waals surface area (Å²) in [6.07, 6.45) is -31.3. The third-order valence-corrected chi connectivity index (χ3v) is 22.5. The van der Waals surface area contributed by atoms with Gasteiger partial charge in [0, 0.05) is 18.4 Å². The highest BCUT2D eigenvalue weighted by molar-refractivity contribution is 5.82. The number of hydrogen-bond donors (Lipinski definition) is 13. The maximum atomic E-state index is 15.0. The summed E-state index contributed by atoms with van der Waals surface area (Å²) >= 11 is 0. The van der Waals surface area contributed by atoms with E-state index in [1.165, 1.54) is 20.1 Å². The van der Waals surface area contributed by atoms with Crippen LogP contribution in [0.25, 0.3) is 0 Å². The quantitative estimate of drug-likeness (QED) is 0.0255. The molecule has 506 valence electrons. The minimum absolute atomic E-state index is 0.0395. The predicted molar refractivity (Wildman–Crippen MR) is 299 cm³/mol. The molecule has 0 aromatic heterocycles. The maximum absolute atomic E-state index is 15.0. The number of allylic oxidation sites excluding steroid dienone is 3. The highest BCUT2D eigenvalue weighted by atomic mass is 16.8. The van der Waals surface area contributed by atoms with E-state index in [-0.39, 0.29) is 18.8 Å². The summed E-state index contributed by atoms with van der Waals surface area (Å²) in [5.74, 6) is -5.22. The Morgan fingerprint density at radius 1 is 0.674 bits per heavy atom. The molecule has 0 radical (unpaired) electrons. The molecule has 13 N–H and O–H groups in total. The predicted octanol–water partition coefficient (Wildman–Crippen LogP) is -1.65. The van der Waals surface area contributed by atoms with Gasteiger partial charge in [0.2, 0.25) is 0 Å². The van der Waals surface area contributed by atoms with Crippen LogP contribution in [0.5, 0.6) is 0 Å². The van der Waals surface area contributed by atoms with E-state index in [9.17, 15) is 85.6 Å². The van der Waals surface area contributed by atoms with Crippen molar-refractivity contribution in [1.82, 2.24) is 0 Å². The average molecular weight is 1280 g/mol. The van der Waals surface area contributed by atoms with Crippen molar-refractivity contribution in [3.63, 3.8) is 0 Å². The van der Waals surface area contributed by atoms with Crippen LogP contribution in [0.3, 0.4) is 0 Å². The van der Waals surface area contributed by atoms with Gasteiger partial charge in [-0.15, -0.1) is 0 Å². The van der Waals surface area contributed by atoms with Crippen molar-refractivity contribution >= 4 is 23.9 Å². The van der Waals surface area contributed by atoms with Crippen molar-refractivity contribution in [3.05, 3.63) is 23.8 Å².